The first-order valence-corrected chi connectivity index (χ1v) is 9.87. The van der Waals surface area contributed by atoms with Gasteiger partial charge in [0.2, 0.25) is 0 Å². The summed E-state index contributed by atoms with van der Waals surface area (Å²) < 4.78 is 13.9. The number of halogens is 1. The largest absolute Gasteiger partial charge is 0.508 e. The first-order chi connectivity index (χ1) is 15.7. The van der Waals surface area contributed by atoms with Crippen LogP contribution in [0.1, 0.15) is 0 Å². The molecule has 0 saturated carbocycles. The number of nitrogens with zero attached hydrogens (tertiary/aromatic N) is 4. The summed E-state index contributed by atoms with van der Waals surface area (Å²) in [6, 6.07) is 11.7. The van der Waals surface area contributed by atoms with E-state index in [4.69, 9.17) is 0 Å². The predicted molar refractivity (Wildman–Crippen MR) is 119 cm³/mol. The van der Waals surface area contributed by atoms with E-state index in [0.717, 1.165) is 50.5 Å². The second-order valence-electron chi connectivity index (χ2n) is 7.46. The minimum absolute atomic E-state index is 0.138. The van der Waals surface area contributed by atoms with E-state index in [2.05, 4.69) is 30.1 Å². The number of benzene rings is 1. The van der Waals surface area contributed by atoms with Gasteiger partial charge in [-0.25, -0.2) is 4.39 Å². The number of phenolic OH excluding ortho intramolecular Hbond substituents is 1. The van der Waals surface area contributed by atoms with Gasteiger partial charge in [-0.2, -0.15) is 5.10 Å². The lowest BCUT2D eigenvalue weighted by Gasteiger charge is -2.04. The van der Waals surface area contributed by atoms with Gasteiger partial charge in [-0.3, -0.25) is 20.1 Å². The molecule has 1 aromatic carbocycles. The number of rotatable bonds is 3. The second-order valence-corrected chi connectivity index (χ2v) is 7.46. The highest BCUT2D eigenvalue weighted by molar-refractivity contribution is 6.01. The molecule has 5 aromatic heterocycles. The van der Waals surface area contributed by atoms with Gasteiger partial charge in [0.05, 0.1) is 34.8 Å². The molecule has 0 atom stereocenters. The number of hydrogen-bond acceptors (Lipinski definition) is 5. The van der Waals surface area contributed by atoms with Crippen molar-refractivity contribution in [3.63, 3.8) is 0 Å². The van der Waals surface area contributed by atoms with Gasteiger partial charge < -0.3 is 10.1 Å². The van der Waals surface area contributed by atoms with Gasteiger partial charge in [0.25, 0.3) is 0 Å². The van der Waals surface area contributed by atoms with Gasteiger partial charge in [-0.05, 0) is 42.0 Å². The van der Waals surface area contributed by atoms with Crippen molar-refractivity contribution in [2.75, 3.05) is 0 Å². The molecule has 0 aliphatic heterocycles. The van der Waals surface area contributed by atoms with Gasteiger partial charge in [0.1, 0.15) is 17.3 Å². The van der Waals surface area contributed by atoms with Gasteiger partial charge >= 0.3 is 0 Å². The molecule has 8 heteroatoms. The first-order valence-electron chi connectivity index (χ1n) is 9.87. The van der Waals surface area contributed by atoms with Crippen LogP contribution in [-0.4, -0.2) is 35.2 Å². The summed E-state index contributed by atoms with van der Waals surface area (Å²) in [7, 11) is 0. The minimum Gasteiger partial charge on any atom is -0.508 e. The lowest BCUT2D eigenvalue weighted by Crippen LogP contribution is -1.85. The third-order valence-corrected chi connectivity index (χ3v) is 5.40. The molecule has 7 nitrogen and oxygen atoms in total. The number of H-pyrrole nitrogens is 2. The molecule has 154 valence electrons. The molecule has 5 heterocycles. The fourth-order valence-electron chi connectivity index (χ4n) is 3.93. The average molecular weight is 422 g/mol. The molecule has 3 N–H and O–H groups in total. The van der Waals surface area contributed by atoms with Crippen LogP contribution in [-0.2, 0) is 0 Å². The number of hydrogen-bond donors (Lipinski definition) is 3. The number of phenols is 1. The van der Waals surface area contributed by atoms with Gasteiger partial charge in [0.15, 0.2) is 0 Å². The molecular weight excluding hydrogens is 407 g/mol. The Morgan fingerprint density at radius 2 is 1.78 bits per heavy atom. The van der Waals surface area contributed by atoms with Crippen molar-refractivity contribution in [3.8, 4) is 39.5 Å². The summed E-state index contributed by atoms with van der Waals surface area (Å²) >= 11 is 0. The Hall–Kier alpha value is -4.59. The smallest absolute Gasteiger partial charge is 0.127 e. The lowest BCUT2D eigenvalue weighted by atomic mass is 10.0. The molecule has 32 heavy (non-hydrogen) atoms. The molecule has 0 radical (unpaired) electrons. The van der Waals surface area contributed by atoms with E-state index in [1.54, 1.807) is 31.0 Å². The molecule has 0 aliphatic rings. The van der Waals surface area contributed by atoms with Crippen molar-refractivity contribution in [2.45, 2.75) is 0 Å². The van der Waals surface area contributed by atoms with Crippen LogP contribution in [0.5, 0.6) is 5.75 Å². The monoisotopic (exact) mass is 422 g/mol. The van der Waals surface area contributed by atoms with E-state index in [0.29, 0.717) is 11.1 Å². The van der Waals surface area contributed by atoms with E-state index >= 15 is 0 Å². The average Bonchev–Trinajstić information content (AvgIpc) is 3.42. The van der Waals surface area contributed by atoms with E-state index in [1.165, 1.54) is 12.1 Å². The van der Waals surface area contributed by atoms with Crippen molar-refractivity contribution in [1.29, 1.82) is 0 Å². The van der Waals surface area contributed by atoms with Crippen LogP contribution in [0.25, 0.3) is 55.6 Å². The maximum absolute atomic E-state index is 13.9. The molecule has 6 aromatic rings. The van der Waals surface area contributed by atoms with E-state index in [1.807, 2.05) is 24.3 Å². The molecular formula is C24H15FN6O. The van der Waals surface area contributed by atoms with Crippen LogP contribution in [0.15, 0.2) is 73.4 Å². The topological polar surface area (TPSA) is 103 Å². The van der Waals surface area contributed by atoms with Crippen LogP contribution >= 0.6 is 0 Å². The summed E-state index contributed by atoms with van der Waals surface area (Å²) in [6.07, 6.45) is 8.60. The Bertz CT molecular complexity index is 1590. The SMILES string of the molecule is Oc1cc(F)cc(-c2cncc3[nH]c(-c4n[nH]c5cnc(-c6cccnc6)cc45)cc23)c1. The molecule has 6 rings (SSSR count). The minimum atomic E-state index is -0.513. The van der Waals surface area contributed by atoms with Crippen molar-refractivity contribution >= 4 is 21.8 Å². The fourth-order valence-corrected chi connectivity index (χ4v) is 3.93. The zero-order valence-electron chi connectivity index (χ0n) is 16.5. The van der Waals surface area contributed by atoms with E-state index < -0.39 is 5.82 Å². The highest BCUT2D eigenvalue weighted by Gasteiger charge is 2.15. The first kappa shape index (κ1) is 18.2. The number of pyridine rings is 3. The number of aromatic hydroxyl groups is 1. The van der Waals surface area contributed by atoms with Crippen molar-refractivity contribution in [1.82, 2.24) is 30.1 Å². The molecule has 0 bridgehead atoms. The Balaban J connectivity index is 1.52. The summed E-state index contributed by atoms with van der Waals surface area (Å²) in [6.45, 7) is 0. The molecule has 0 unspecified atom stereocenters. The van der Waals surface area contributed by atoms with Gasteiger partial charge in [0, 0.05) is 46.6 Å². The Labute approximate surface area is 180 Å². The van der Waals surface area contributed by atoms with Crippen molar-refractivity contribution in [3.05, 3.63) is 79.3 Å². The third-order valence-electron chi connectivity index (χ3n) is 5.40. The van der Waals surface area contributed by atoms with Crippen LogP contribution in [0.3, 0.4) is 0 Å². The Kier molecular flexibility index (Phi) is 3.97. The van der Waals surface area contributed by atoms with Crippen molar-refractivity contribution in [2.24, 2.45) is 0 Å². The lowest BCUT2D eigenvalue weighted by molar-refractivity contribution is 0.469. The number of aromatic nitrogens is 6. The summed E-state index contributed by atoms with van der Waals surface area (Å²) in [5.74, 6) is -0.650. The Morgan fingerprint density at radius 3 is 2.62 bits per heavy atom. The van der Waals surface area contributed by atoms with Gasteiger partial charge in [-0.1, -0.05) is 0 Å². The molecule has 0 spiro atoms. The zero-order valence-corrected chi connectivity index (χ0v) is 16.5. The number of nitrogens with one attached hydrogen (secondary N) is 2. The standard InChI is InChI=1S/C24H15FN6O/c25-15-4-14(5-16(32)6-15)19-10-27-11-22-17(19)7-21(29-22)24-18-8-20(13-2-1-3-26-9-13)28-12-23(18)30-31-24/h1-12,29,32H,(H,30,31). The normalized spacial score (nSPS) is 11.4. The maximum atomic E-state index is 13.9. The number of aromatic amines is 2. The third kappa shape index (κ3) is 2.97. The van der Waals surface area contributed by atoms with E-state index in [-0.39, 0.29) is 5.75 Å². The fraction of sp³-hybridized carbons (Fsp3) is 0. The zero-order chi connectivity index (χ0) is 21.7. The predicted octanol–water partition coefficient (Wildman–Crippen LogP) is 5.07. The highest BCUT2D eigenvalue weighted by atomic mass is 19.1. The van der Waals surface area contributed by atoms with Crippen LogP contribution in [0.2, 0.25) is 0 Å². The van der Waals surface area contributed by atoms with Crippen molar-refractivity contribution < 1.29 is 9.50 Å². The molecule has 0 fully saturated rings. The van der Waals surface area contributed by atoms with Crippen LogP contribution in [0.4, 0.5) is 4.39 Å². The Morgan fingerprint density at radius 1 is 0.844 bits per heavy atom. The number of fused-ring (bicyclic) bond motifs is 2. The molecule has 0 amide bonds. The summed E-state index contributed by atoms with van der Waals surface area (Å²) in [5, 5.41) is 19.1. The molecule has 0 aliphatic carbocycles. The maximum Gasteiger partial charge on any atom is 0.127 e. The quantitative estimate of drug-likeness (QED) is 0.369. The molecule has 0 saturated heterocycles. The summed E-state index contributed by atoms with van der Waals surface area (Å²) in [4.78, 5) is 16.3. The van der Waals surface area contributed by atoms with Gasteiger partial charge in [-0.15, -0.1) is 0 Å². The highest BCUT2D eigenvalue weighted by Crippen LogP contribution is 2.35. The van der Waals surface area contributed by atoms with E-state index in [9.17, 15) is 9.50 Å². The second kappa shape index (κ2) is 6.98. The van der Waals surface area contributed by atoms with Crippen LogP contribution < -0.4 is 0 Å². The summed E-state index contributed by atoms with van der Waals surface area (Å²) in [5.41, 5.74) is 6.05. The van der Waals surface area contributed by atoms with Crippen LogP contribution in [0, 0.1) is 5.82 Å².